The molecule has 2 N–H and O–H groups in total. The van der Waals surface area contributed by atoms with Crippen LogP contribution in [0.15, 0.2) is 36.4 Å². The molecule has 0 spiro atoms. The second-order valence-corrected chi connectivity index (χ2v) is 13.8. The van der Waals surface area contributed by atoms with Crippen LogP contribution in [0.4, 0.5) is 10.5 Å². The summed E-state index contributed by atoms with van der Waals surface area (Å²) in [5.41, 5.74) is 3.31. The number of alkyl carbamates (subject to hydrolysis) is 1. The van der Waals surface area contributed by atoms with Gasteiger partial charge in [0.2, 0.25) is 5.91 Å². The van der Waals surface area contributed by atoms with Gasteiger partial charge in [-0.25, -0.2) is 4.79 Å². The van der Waals surface area contributed by atoms with E-state index in [4.69, 9.17) is 16.3 Å². The smallest absolute Gasteiger partial charge is 0.408 e. The van der Waals surface area contributed by atoms with Crippen LogP contribution in [0, 0.1) is 26.7 Å². The lowest BCUT2D eigenvalue weighted by Crippen LogP contribution is -2.53. The number of carbonyl (C=O) groups excluding carboxylic acids is 3. The molecule has 0 bridgehead atoms. The molecule has 0 fully saturated rings. The van der Waals surface area contributed by atoms with E-state index in [2.05, 4.69) is 17.6 Å². The van der Waals surface area contributed by atoms with Gasteiger partial charge in [-0.2, -0.15) is 0 Å². The zero-order valence-electron chi connectivity index (χ0n) is 28.3. The van der Waals surface area contributed by atoms with Crippen LogP contribution in [0.5, 0.6) is 0 Å². The molecule has 8 heteroatoms. The largest absolute Gasteiger partial charge is 0.444 e. The van der Waals surface area contributed by atoms with E-state index in [1.807, 2.05) is 65.0 Å². The number of amides is 3. The lowest BCUT2D eigenvalue weighted by atomic mass is 9.96. The highest BCUT2D eigenvalue weighted by Crippen LogP contribution is 2.31. The Morgan fingerprint density at radius 2 is 1.55 bits per heavy atom. The summed E-state index contributed by atoms with van der Waals surface area (Å²) in [5, 5.41) is 6.31. The molecule has 0 aliphatic heterocycles. The number of aryl methyl sites for hydroxylation is 3. The van der Waals surface area contributed by atoms with Crippen LogP contribution in [-0.2, 0) is 14.3 Å². The number of hydrogen-bond donors (Lipinski definition) is 2. The molecular formula is C36H54ClN3O4. The number of unbranched alkanes of at least 4 members (excludes halogenated alkanes) is 5. The number of benzene rings is 2. The van der Waals surface area contributed by atoms with E-state index in [9.17, 15) is 14.4 Å². The van der Waals surface area contributed by atoms with Crippen molar-refractivity contribution in [3.63, 3.8) is 0 Å². The summed E-state index contributed by atoms with van der Waals surface area (Å²) in [5.74, 6) is -0.562. The standard InChI is InChI=1S/C36H54ClN3O4/c1-10-11-12-13-14-15-19-40(34(42)30(20-24(2)3)38-35(43)44-36(7,8)9)32(28-22-25(4)21-26(5)23-28)33(41)39-31-27(6)17-16-18-29(31)37/h16-18,21-24,30,32H,10-15,19-20H2,1-9H3,(H,38,43)(H,39,41). The van der Waals surface area contributed by atoms with Crippen LogP contribution in [0.3, 0.4) is 0 Å². The van der Waals surface area contributed by atoms with E-state index in [1.165, 1.54) is 6.42 Å². The van der Waals surface area contributed by atoms with E-state index in [0.717, 1.165) is 48.8 Å². The van der Waals surface area contributed by atoms with Gasteiger partial charge in [0.05, 0.1) is 10.7 Å². The van der Waals surface area contributed by atoms with Crippen LogP contribution >= 0.6 is 11.6 Å². The van der Waals surface area contributed by atoms with Crippen LogP contribution in [0.2, 0.25) is 5.02 Å². The Labute approximate surface area is 270 Å². The molecule has 2 aromatic rings. The Morgan fingerprint density at radius 3 is 2.11 bits per heavy atom. The molecule has 2 aromatic carbocycles. The van der Waals surface area contributed by atoms with Crippen LogP contribution in [-0.4, -0.2) is 41.0 Å². The maximum atomic E-state index is 14.6. The number of rotatable bonds is 15. The predicted molar refractivity (Wildman–Crippen MR) is 181 cm³/mol. The first-order valence-corrected chi connectivity index (χ1v) is 16.4. The maximum absolute atomic E-state index is 14.6. The van der Waals surface area contributed by atoms with Gasteiger partial charge in [0.1, 0.15) is 17.7 Å². The number of carbonyl (C=O) groups is 3. The first-order valence-electron chi connectivity index (χ1n) is 16.1. The highest BCUT2D eigenvalue weighted by atomic mass is 35.5. The normalized spacial score (nSPS) is 12.9. The molecular weight excluding hydrogens is 574 g/mol. The quantitative estimate of drug-likeness (QED) is 0.193. The maximum Gasteiger partial charge on any atom is 0.408 e. The van der Waals surface area contributed by atoms with E-state index >= 15 is 0 Å². The molecule has 7 nitrogen and oxygen atoms in total. The zero-order valence-corrected chi connectivity index (χ0v) is 29.1. The van der Waals surface area contributed by atoms with Crippen molar-refractivity contribution in [2.24, 2.45) is 5.92 Å². The Bertz CT molecular complexity index is 1210. The molecule has 44 heavy (non-hydrogen) atoms. The van der Waals surface area contributed by atoms with Crippen molar-refractivity contribution < 1.29 is 19.1 Å². The molecule has 3 amide bonds. The number of hydrogen-bond acceptors (Lipinski definition) is 4. The predicted octanol–water partition coefficient (Wildman–Crippen LogP) is 9.07. The van der Waals surface area contributed by atoms with Gasteiger partial charge in [-0.1, -0.05) is 106 Å². The fourth-order valence-corrected chi connectivity index (χ4v) is 5.66. The molecule has 0 aliphatic rings. The van der Waals surface area contributed by atoms with Crippen molar-refractivity contribution in [1.29, 1.82) is 0 Å². The zero-order chi connectivity index (χ0) is 33.0. The van der Waals surface area contributed by atoms with Gasteiger partial charge >= 0.3 is 6.09 Å². The monoisotopic (exact) mass is 627 g/mol. The molecule has 2 atom stereocenters. The number of para-hydroxylation sites is 1. The lowest BCUT2D eigenvalue weighted by molar-refractivity contribution is -0.141. The summed E-state index contributed by atoms with van der Waals surface area (Å²) in [4.78, 5) is 43.5. The van der Waals surface area contributed by atoms with Crippen LogP contribution in [0.1, 0.15) is 115 Å². The summed E-state index contributed by atoms with van der Waals surface area (Å²) in [6.07, 6.45) is 5.91. The van der Waals surface area contributed by atoms with Gasteiger partial charge in [-0.05, 0) is 77.5 Å². The van der Waals surface area contributed by atoms with Crippen LogP contribution < -0.4 is 10.6 Å². The highest BCUT2D eigenvalue weighted by molar-refractivity contribution is 6.34. The average molecular weight is 628 g/mol. The van der Waals surface area contributed by atoms with Crippen molar-refractivity contribution >= 4 is 35.2 Å². The number of nitrogens with zero attached hydrogens (tertiary/aromatic N) is 1. The van der Waals surface area contributed by atoms with Crippen molar-refractivity contribution in [3.8, 4) is 0 Å². The Balaban J connectivity index is 2.61. The molecule has 0 aromatic heterocycles. The number of anilines is 1. The third kappa shape index (κ3) is 12.1. The van der Waals surface area contributed by atoms with E-state index in [0.29, 0.717) is 29.2 Å². The Kier molecular flexibility index (Phi) is 14.7. The molecule has 0 radical (unpaired) electrons. The molecule has 0 heterocycles. The molecule has 0 saturated carbocycles. The second kappa shape index (κ2) is 17.4. The third-order valence-corrected chi connectivity index (χ3v) is 7.64. The lowest BCUT2D eigenvalue weighted by Gasteiger charge is -2.35. The molecule has 2 unspecified atom stereocenters. The van der Waals surface area contributed by atoms with Crippen molar-refractivity contribution in [1.82, 2.24) is 10.2 Å². The number of halogens is 1. The third-order valence-electron chi connectivity index (χ3n) is 7.32. The summed E-state index contributed by atoms with van der Waals surface area (Å²) < 4.78 is 5.53. The van der Waals surface area contributed by atoms with E-state index in [-0.39, 0.29) is 17.7 Å². The number of nitrogens with one attached hydrogen (secondary N) is 2. The summed E-state index contributed by atoms with van der Waals surface area (Å²) >= 11 is 6.52. The molecule has 0 saturated heterocycles. The molecule has 2 rings (SSSR count). The van der Waals surface area contributed by atoms with Gasteiger partial charge in [0.25, 0.3) is 5.91 Å². The van der Waals surface area contributed by atoms with Gasteiger partial charge in [-0.3, -0.25) is 9.59 Å². The summed E-state index contributed by atoms with van der Waals surface area (Å²) in [6.45, 7) is 17.8. The van der Waals surface area contributed by atoms with Gasteiger partial charge in [-0.15, -0.1) is 0 Å². The van der Waals surface area contributed by atoms with Crippen molar-refractivity contribution in [2.45, 2.75) is 125 Å². The highest BCUT2D eigenvalue weighted by Gasteiger charge is 2.37. The van der Waals surface area contributed by atoms with Crippen LogP contribution in [0.25, 0.3) is 0 Å². The Morgan fingerprint density at radius 1 is 0.932 bits per heavy atom. The Hall–Kier alpha value is -3.06. The minimum Gasteiger partial charge on any atom is -0.444 e. The first kappa shape index (κ1) is 37.1. The summed E-state index contributed by atoms with van der Waals surface area (Å²) in [7, 11) is 0. The van der Waals surface area contributed by atoms with Crippen molar-refractivity contribution in [2.75, 3.05) is 11.9 Å². The summed E-state index contributed by atoms with van der Waals surface area (Å²) in [6, 6.07) is 9.60. The van der Waals surface area contributed by atoms with E-state index < -0.39 is 23.8 Å². The van der Waals surface area contributed by atoms with Gasteiger partial charge in [0.15, 0.2) is 0 Å². The first-order chi connectivity index (χ1) is 20.6. The average Bonchev–Trinajstić information content (AvgIpc) is 2.89. The number of ether oxygens (including phenoxy) is 1. The topological polar surface area (TPSA) is 87.7 Å². The fourth-order valence-electron chi connectivity index (χ4n) is 5.39. The fraction of sp³-hybridized carbons (Fsp3) is 0.583. The van der Waals surface area contributed by atoms with E-state index in [1.54, 1.807) is 31.7 Å². The molecule has 244 valence electrons. The minimum atomic E-state index is -0.942. The molecule has 0 aliphatic carbocycles. The minimum absolute atomic E-state index is 0.106. The SMILES string of the molecule is CCCCCCCCN(C(=O)C(CC(C)C)NC(=O)OC(C)(C)C)C(C(=O)Nc1c(C)cccc1Cl)c1cc(C)cc(C)c1. The second-order valence-electron chi connectivity index (χ2n) is 13.4. The van der Waals surface area contributed by atoms with Gasteiger partial charge < -0.3 is 20.3 Å². The van der Waals surface area contributed by atoms with Crippen molar-refractivity contribution in [3.05, 3.63) is 63.7 Å². The van der Waals surface area contributed by atoms with Gasteiger partial charge in [0, 0.05) is 6.54 Å².